The van der Waals surface area contributed by atoms with Gasteiger partial charge in [0.2, 0.25) is 5.91 Å². The van der Waals surface area contributed by atoms with Gasteiger partial charge in [0.1, 0.15) is 11.5 Å². The Balaban J connectivity index is 2.79. The van der Waals surface area contributed by atoms with Crippen molar-refractivity contribution in [1.29, 1.82) is 0 Å². The van der Waals surface area contributed by atoms with Crippen LogP contribution in [0.3, 0.4) is 0 Å². The van der Waals surface area contributed by atoms with E-state index in [0.29, 0.717) is 0 Å². The zero-order valence-corrected chi connectivity index (χ0v) is 13.7. The number of nitrogens with one attached hydrogen (secondary N) is 2. The smallest absolute Gasteiger partial charge is 0.237 e. The molecule has 0 bridgehead atoms. The van der Waals surface area contributed by atoms with Crippen LogP contribution in [0.1, 0.15) is 39.3 Å². The largest absolute Gasteiger partial charge is 0.497 e. The molecular formula is C16H26N2O3. The first-order chi connectivity index (χ1) is 9.88. The zero-order chi connectivity index (χ0) is 16.0. The minimum atomic E-state index is -0.283. The van der Waals surface area contributed by atoms with Crippen molar-refractivity contribution in [3.05, 3.63) is 23.8 Å². The van der Waals surface area contributed by atoms with Crippen LogP contribution >= 0.6 is 0 Å². The Hall–Kier alpha value is -1.75. The van der Waals surface area contributed by atoms with E-state index in [1.54, 1.807) is 14.2 Å². The van der Waals surface area contributed by atoms with Gasteiger partial charge in [-0.2, -0.15) is 0 Å². The molecule has 0 aliphatic carbocycles. The second-order valence-electron chi connectivity index (χ2n) is 5.38. The van der Waals surface area contributed by atoms with E-state index in [2.05, 4.69) is 10.6 Å². The first-order valence-corrected chi connectivity index (χ1v) is 7.17. The van der Waals surface area contributed by atoms with E-state index >= 15 is 0 Å². The number of hydrogen-bond donors (Lipinski definition) is 2. The molecule has 0 aliphatic heterocycles. The highest BCUT2D eigenvalue weighted by Gasteiger charge is 2.19. The molecule has 2 N–H and O–H groups in total. The normalized spacial score (nSPS) is 13.7. The van der Waals surface area contributed by atoms with Crippen molar-refractivity contribution in [2.75, 3.05) is 14.2 Å². The average molecular weight is 294 g/mol. The van der Waals surface area contributed by atoms with Gasteiger partial charge in [-0.25, -0.2) is 0 Å². The summed E-state index contributed by atoms with van der Waals surface area (Å²) in [5, 5.41) is 6.17. The standard InChI is InChI=1S/C16H26N2O3/c1-10(2)17-16(19)12(4)18-11(3)14-8-7-13(20-5)9-15(14)21-6/h7-12,18H,1-6H3,(H,17,19). The molecule has 2 atom stereocenters. The molecule has 0 saturated carbocycles. The number of hydrogen-bond acceptors (Lipinski definition) is 4. The van der Waals surface area contributed by atoms with Gasteiger partial charge in [-0.1, -0.05) is 6.07 Å². The quantitative estimate of drug-likeness (QED) is 0.810. The topological polar surface area (TPSA) is 59.6 Å². The fraction of sp³-hybridized carbons (Fsp3) is 0.562. The molecule has 0 fully saturated rings. The van der Waals surface area contributed by atoms with E-state index in [9.17, 15) is 4.79 Å². The Morgan fingerprint density at radius 3 is 2.29 bits per heavy atom. The summed E-state index contributed by atoms with van der Waals surface area (Å²) in [5.41, 5.74) is 0.988. The lowest BCUT2D eigenvalue weighted by atomic mass is 10.1. The van der Waals surface area contributed by atoms with Gasteiger partial charge in [0.05, 0.1) is 20.3 Å². The summed E-state index contributed by atoms with van der Waals surface area (Å²) in [6.07, 6.45) is 0. The number of methoxy groups -OCH3 is 2. The maximum atomic E-state index is 12.0. The molecule has 1 aromatic rings. The molecule has 0 heterocycles. The zero-order valence-electron chi connectivity index (χ0n) is 13.7. The highest BCUT2D eigenvalue weighted by molar-refractivity contribution is 5.81. The van der Waals surface area contributed by atoms with Crippen LogP contribution < -0.4 is 20.1 Å². The van der Waals surface area contributed by atoms with Gasteiger partial charge < -0.3 is 14.8 Å². The predicted molar refractivity (Wildman–Crippen MR) is 83.8 cm³/mol. The monoisotopic (exact) mass is 294 g/mol. The van der Waals surface area contributed by atoms with Crippen molar-refractivity contribution in [2.45, 2.75) is 45.8 Å². The summed E-state index contributed by atoms with van der Waals surface area (Å²) in [7, 11) is 3.24. The van der Waals surface area contributed by atoms with Crippen LogP contribution in [-0.2, 0) is 4.79 Å². The van der Waals surface area contributed by atoms with Crippen LogP contribution in [0.5, 0.6) is 11.5 Å². The van der Waals surface area contributed by atoms with E-state index in [1.807, 2.05) is 45.9 Å². The highest BCUT2D eigenvalue weighted by Crippen LogP contribution is 2.29. The maximum Gasteiger partial charge on any atom is 0.237 e. The highest BCUT2D eigenvalue weighted by atomic mass is 16.5. The van der Waals surface area contributed by atoms with E-state index in [-0.39, 0.29) is 24.0 Å². The van der Waals surface area contributed by atoms with Crippen molar-refractivity contribution >= 4 is 5.91 Å². The van der Waals surface area contributed by atoms with E-state index in [0.717, 1.165) is 17.1 Å². The molecule has 0 spiro atoms. The summed E-state index contributed by atoms with van der Waals surface area (Å²) in [6, 6.07) is 5.50. The first kappa shape index (κ1) is 17.3. The van der Waals surface area contributed by atoms with Crippen molar-refractivity contribution in [3.63, 3.8) is 0 Å². The van der Waals surface area contributed by atoms with Gasteiger partial charge in [0.25, 0.3) is 0 Å². The lowest BCUT2D eigenvalue weighted by Gasteiger charge is -2.22. The fourth-order valence-electron chi connectivity index (χ4n) is 2.13. The second kappa shape index (κ2) is 7.88. The molecule has 0 radical (unpaired) electrons. The van der Waals surface area contributed by atoms with Crippen LogP contribution in [-0.4, -0.2) is 32.2 Å². The minimum Gasteiger partial charge on any atom is -0.497 e. The minimum absolute atomic E-state index is 0.00988. The molecule has 0 saturated heterocycles. The summed E-state index contributed by atoms with van der Waals surface area (Å²) in [4.78, 5) is 12.0. The number of carbonyl (C=O) groups excluding carboxylic acids is 1. The fourth-order valence-corrected chi connectivity index (χ4v) is 2.13. The van der Waals surface area contributed by atoms with Crippen LogP contribution in [0.25, 0.3) is 0 Å². The molecule has 2 unspecified atom stereocenters. The predicted octanol–water partition coefficient (Wildman–Crippen LogP) is 2.27. The Morgan fingerprint density at radius 1 is 1.10 bits per heavy atom. The van der Waals surface area contributed by atoms with E-state index < -0.39 is 0 Å². The van der Waals surface area contributed by atoms with E-state index in [1.165, 1.54) is 0 Å². The lowest BCUT2D eigenvalue weighted by Crippen LogP contribution is -2.45. The molecule has 5 nitrogen and oxygen atoms in total. The molecule has 1 aromatic carbocycles. The van der Waals surface area contributed by atoms with Crippen molar-refractivity contribution in [1.82, 2.24) is 10.6 Å². The molecule has 118 valence electrons. The van der Waals surface area contributed by atoms with Gasteiger partial charge in [-0.05, 0) is 33.8 Å². The summed E-state index contributed by atoms with van der Waals surface area (Å²) < 4.78 is 10.6. The number of ether oxygens (including phenoxy) is 2. The average Bonchev–Trinajstić information content (AvgIpc) is 2.45. The molecule has 1 rings (SSSR count). The Kier molecular flexibility index (Phi) is 6.49. The van der Waals surface area contributed by atoms with Gasteiger partial charge in [0.15, 0.2) is 0 Å². The molecule has 0 aliphatic rings. The summed E-state index contributed by atoms with van der Waals surface area (Å²) in [5.74, 6) is 1.48. The van der Waals surface area contributed by atoms with Crippen LogP contribution in [0.2, 0.25) is 0 Å². The van der Waals surface area contributed by atoms with Crippen LogP contribution in [0, 0.1) is 0 Å². The molecule has 1 amide bonds. The van der Waals surface area contributed by atoms with Crippen molar-refractivity contribution < 1.29 is 14.3 Å². The van der Waals surface area contributed by atoms with Crippen molar-refractivity contribution in [3.8, 4) is 11.5 Å². The number of amides is 1. The third-order valence-electron chi connectivity index (χ3n) is 3.23. The van der Waals surface area contributed by atoms with E-state index in [4.69, 9.17) is 9.47 Å². The van der Waals surface area contributed by atoms with Gasteiger partial charge in [-0.3, -0.25) is 10.1 Å². The Morgan fingerprint density at radius 2 is 1.76 bits per heavy atom. The third kappa shape index (κ3) is 4.93. The first-order valence-electron chi connectivity index (χ1n) is 7.17. The summed E-state index contributed by atoms with van der Waals surface area (Å²) >= 11 is 0. The lowest BCUT2D eigenvalue weighted by molar-refractivity contribution is -0.123. The van der Waals surface area contributed by atoms with Gasteiger partial charge in [0, 0.05) is 23.7 Å². The van der Waals surface area contributed by atoms with Crippen LogP contribution in [0.15, 0.2) is 18.2 Å². The third-order valence-corrected chi connectivity index (χ3v) is 3.23. The molecule has 21 heavy (non-hydrogen) atoms. The molecule has 5 heteroatoms. The summed E-state index contributed by atoms with van der Waals surface area (Å²) in [6.45, 7) is 7.74. The number of carbonyl (C=O) groups is 1. The second-order valence-corrected chi connectivity index (χ2v) is 5.38. The molecular weight excluding hydrogens is 268 g/mol. The van der Waals surface area contributed by atoms with Crippen LogP contribution in [0.4, 0.5) is 0 Å². The van der Waals surface area contributed by atoms with Gasteiger partial charge in [-0.15, -0.1) is 0 Å². The number of rotatable bonds is 7. The Bertz CT molecular complexity index is 475. The number of benzene rings is 1. The Labute approximate surface area is 127 Å². The SMILES string of the molecule is COc1ccc(C(C)NC(C)C(=O)NC(C)C)c(OC)c1. The van der Waals surface area contributed by atoms with Gasteiger partial charge >= 0.3 is 0 Å². The maximum absolute atomic E-state index is 12.0. The molecule has 0 aromatic heterocycles. The van der Waals surface area contributed by atoms with Crippen molar-refractivity contribution in [2.24, 2.45) is 0 Å².